The highest BCUT2D eigenvalue weighted by atomic mass is 79.9. The Labute approximate surface area is 140 Å². The van der Waals surface area contributed by atoms with Crippen molar-refractivity contribution >= 4 is 15.9 Å². The molecule has 0 N–H and O–H groups in total. The van der Waals surface area contributed by atoms with Gasteiger partial charge in [0.1, 0.15) is 4.60 Å². The fourth-order valence-corrected chi connectivity index (χ4v) is 5.90. The van der Waals surface area contributed by atoms with Crippen molar-refractivity contribution in [3.8, 4) is 0 Å². The van der Waals surface area contributed by atoms with Gasteiger partial charge in [-0.25, -0.2) is 0 Å². The largest absolute Gasteiger partial charge is 0.347 e. The minimum absolute atomic E-state index is 0.00180. The summed E-state index contributed by atoms with van der Waals surface area (Å²) in [5.41, 5.74) is 2.81. The van der Waals surface area contributed by atoms with Gasteiger partial charge in [0, 0.05) is 29.9 Å². The van der Waals surface area contributed by atoms with Crippen LogP contribution in [0.1, 0.15) is 51.3 Å². The van der Waals surface area contributed by atoms with Crippen LogP contribution in [-0.2, 0) is 28.4 Å². The van der Waals surface area contributed by atoms with E-state index >= 15 is 0 Å². The summed E-state index contributed by atoms with van der Waals surface area (Å²) in [6, 6.07) is 0. The van der Waals surface area contributed by atoms with Crippen molar-refractivity contribution in [3.05, 3.63) is 15.9 Å². The molecule has 2 atom stereocenters. The van der Waals surface area contributed by atoms with Crippen LogP contribution < -0.4 is 0 Å². The van der Waals surface area contributed by atoms with Crippen molar-refractivity contribution in [1.29, 1.82) is 0 Å². The molecule has 1 aromatic rings. The molecule has 5 heteroatoms. The van der Waals surface area contributed by atoms with Crippen LogP contribution in [-0.4, -0.2) is 28.8 Å². The van der Waals surface area contributed by atoms with Gasteiger partial charge in [-0.2, -0.15) is 5.10 Å². The Morgan fingerprint density at radius 2 is 1.86 bits per heavy atom. The predicted octanol–water partition coefficient (Wildman–Crippen LogP) is 3.57. The third kappa shape index (κ3) is 1.68. The molecule has 2 aliphatic carbocycles. The third-order valence-corrected chi connectivity index (χ3v) is 7.63. The highest BCUT2D eigenvalue weighted by molar-refractivity contribution is 9.10. The number of aromatic nitrogens is 2. The molecule has 2 heterocycles. The van der Waals surface area contributed by atoms with E-state index in [0.717, 1.165) is 37.1 Å². The first-order valence-electron chi connectivity index (χ1n) is 8.32. The monoisotopic (exact) mass is 368 g/mol. The summed E-state index contributed by atoms with van der Waals surface area (Å²) in [7, 11) is 2.03. The van der Waals surface area contributed by atoms with Crippen LogP contribution in [0.2, 0.25) is 0 Å². The van der Waals surface area contributed by atoms with Gasteiger partial charge >= 0.3 is 0 Å². The normalized spacial score (nSPS) is 35.4. The fourth-order valence-electron chi connectivity index (χ4n) is 5.43. The minimum Gasteiger partial charge on any atom is -0.347 e. The summed E-state index contributed by atoms with van der Waals surface area (Å²) >= 11 is 3.72. The number of aryl methyl sites for hydroxylation is 1. The van der Waals surface area contributed by atoms with Gasteiger partial charge in [0.05, 0.1) is 18.9 Å². The highest BCUT2D eigenvalue weighted by Crippen LogP contribution is 2.62. The molecular weight excluding hydrogens is 344 g/mol. The summed E-state index contributed by atoms with van der Waals surface area (Å²) in [4.78, 5) is 0. The summed E-state index contributed by atoms with van der Waals surface area (Å²) in [5.74, 6) is 0.141. The van der Waals surface area contributed by atoms with Crippen LogP contribution in [0.5, 0.6) is 0 Å². The molecule has 3 aliphatic rings. The van der Waals surface area contributed by atoms with E-state index in [1.165, 1.54) is 17.7 Å². The first kappa shape index (κ1) is 15.2. The first-order valence-corrected chi connectivity index (χ1v) is 9.11. The molecule has 2 fully saturated rings. The van der Waals surface area contributed by atoms with E-state index in [-0.39, 0.29) is 16.6 Å². The van der Waals surface area contributed by atoms with Crippen molar-refractivity contribution in [2.75, 3.05) is 13.2 Å². The Hall–Kier alpha value is -0.390. The SMILES string of the molecule is Cn1nc2c(c1Br)CCC1C(C)(C)C3(CC[C@]21C)OCCO3. The average Bonchev–Trinajstić information content (AvgIpc) is 3.05. The smallest absolute Gasteiger partial charge is 0.173 e. The number of halogens is 1. The molecular formula is C17H25BrN2O2. The van der Waals surface area contributed by atoms with E-state index < -0.39 is 0 Å². The van der Waals surface area contributed by atoms with Crippen molar-refractivity contribution < 1.29 is 9.47 Å². The molecule has 22 heavy (non-hydrogen) atoms. The molecule has 4 rings (SSSR count). The van der Waals surface area contributed by atoms with Crippen LogP contribution in [0.3, 0.4) is 0 Å². The van der Waals surface area contributed by atoms with E-state index in [0.29, 0.717) is 5.92 Å². The Balaban J connectivity index is 1.81. The van der Waals surface area contributed by atoms with Gasteiger partial charge in [-0.1, -0.05) is 20.8 Å². The van der Waals surface area contributed by atoms with E-state index in [1.807, 2.05) is 11.7 Å². The fraction of sp³-hybridized carbons (Fsp3) is 0.824. The lowest BCUT2D eigenvalue weighted by molar-refractivity contribution is -0.276. The number of hydrogen-bond acceptors (Lipinski definition) is 3. The van der Waals surface area contributed by atoms with Gasteiger partial charge in [-0.15, -0.1) is 0 Å². The van der Waals surface area contributed by atoms with Crippen molar-refractivity contribution in [2.24, 2.45) is 18.4 Å². The van der Waals surface area contributed by atoms with Gasteiger partial charge in [-0.3, -0.25) is 4.68 Å². The Kier molecular flexibility index (Phi) is 3.15. The van der Waals surface area contributed by atoms with Crippen LogP contribution in [0.15, 0.2) is 4.60 Å². The number of fused-ring (bicyclic) bond motifs is 3. The number of nitrogens with zero attached hydrogens (tertiary/aromatic N) is 2. The van der Waals surface area contributed by atoms with E-state index in [2.05, 4.69) is 36.7 Å². The summed E-state index contributed by atoms with van der Waals surface area (Å²) < 4.78 is 15.4. The molecule has 4 nitrogen and oxygen atoms in total. The quantitative estimate of drug-likeness (QED) is 0.702. The van der Waals surface area contributed by atoms with Crippen LogP contribution in [0.4, 0.5) is 0 Å². The van der Waals surface area contributed by atoms with Gasteiger partial charge in [0.25, 0.3) is 0 Å². The Morgan fingerprint density at radius 3 is 2.55 bits per heavy atom. The molecule has 1 aliphatic heterocycles. The molecule has 0 radical (unpaired) electrons. The maximum Gasteiger partial charge on any atom is 0.173 e. The van der Waals surface area contributed by atoms with E-state index in [1.54, 1.807) is 0 Å². The van der Waals surface area contributed by atoms with Crippen molar-refractivity contribution in [1.82, 2.24) is 9.78 Å². The van der Waals surface area contributed by atoms with Gasteiger partial charge in [0.15, 0.2) is 5.79 Å². The zero-order valence-corrected chi connectivity index (χ0v) is 15.5. The number of ether oxygens (including phenoxy) is 2. The first-order chi connectivity index (χ1) is 10.3. The van der Waals surface area contributed by atoms with Crippen molar-refractivity contribution in [3.63, 3.8) is 0 Å². The number of hydrogen-bond donors (Lipinski definition) is 0. The lowest BCUT2D eigenvalue weighted by Gasteiger charge is -2.59. The van der Waals surface area contributed by atoms with Crippen LogP contribution >= 0.6 is 15.9 Å². The third-order valence-electron chi connectivity index (χ3n) is 6.64. The average molecular weight is 369 g/mol. The summed E-state index contributed by atoms with van der Waals surface area (Å²) in [5, 5.41) is 4.88. The highest BCUT2D eigenvalue weighted by Gasteiger charge is 2.63. The maximum absolute atomic E-state index is 6.15. The topological polar surface area (TPSA) is 36.3 Å². The van der Waals surface area contributed by atoms with Crippen LogP contribution in [0, 0.1) is 11.3 Å². The van der Waals surface area contributed by atoms with E-state index in [9.17, 15) is 0 Å². The lowest BCUT2D eigenvalue weighted by Crippen LogP contribution is -2.61. The van der Waals surface area contributed by atoms with Gasteiger partial charge in [0.2, 0.25) is 0 Å². The van der Waals surface area contributed by atoms with Crippen molar-refractivity contribution in [2.45, 2.75) is 57.7 Å². The Morgan fingerprint density at radius 1 is 1.18 bits per heavy atom. The van der Waals surface area contributed by atoms with Gasteiger partial charge < -0.3 is 9.47 Å². The predicted molar refractivity (Wildman–Crippen MR) is 87.7 cm³/mol. The minimum atomic E-state index is -0.388. The standard InChI is InChI=1S/C17H25BrN2O2/c1-15(2)12-6-5-11-13(19-20(4)14(11)18)16(12,3)7-8-17(15)21-9-10-22-17/h12H,5-10H2,1-4H3/t12?,16-/m0/s1. The summed E-state index contributed by atoms with van der Waals surface area (Å²) in [6.45, 7) is 8.53. The van der Waals surface area contributed by atoms with E-state index in [4.69, 9.17) is 14.6 Å². The zero-order valence-electron chi connectivity index (χ0n) is 13.9. The Bertz CT molecular complexity index is 618. The van der Waals surface area contributed by atoms with Crippen LogP contribution in [0.25, 0.3) is 0 Å². The molecule has 1 saturated carbocycles. The molecule has 0 amide bonds. The molecule has 0 aromatic carbocycles. The molecule has 1 aromatic heterocycles. The second-order valence-corrected chi connectivity index (χ2v) is 8.67. The molecule has 1 spiro atoms. The molecule has 122 valence electrons. The molecule has 1 saturated heterocycles. The zero-order chi connectivity index (χ0) is 15.8. The second kappa shape index (κ2) is 4.58. The molecule has 1 unspecified atom stereocenters. The van der Waals surface area contributed by atoms with Gasteiger partial charge in [-0.05, 0) is 41.1 Å². The molecule has 0 bridgehead atoms. The second-order valence-electron chi connectivity index (χ2n) is 7.92. The lowest BCUT2D eigenvalue weighted by atomic mass is 9.49. The summed E-state index contributed by atoms with van der Waals surface area (Å²) in [6.07, 6.45) is 4.30. The maximum atomic E-state index is 6.15. The number of rotatable bonds is 0.